The van der Waals surface area contributed by atoms with E-state index in [2.05, 4.69) is 5.32 Å². The Balaban J connectivity index is 2.12. The van der Waals surface area contributed by atoms with Gasteiger partial charge in [-0.05, 0) is 43.0 Å². The van der Waals surface area contributed by atoms with Crippen molar-refractivity contribution in [1.82, 2.24) is 10.0 Å². The van der Waals surface area contributed by atoms with Crippen molar-refractivity contribution in [1.29, 1.82) is 0 Å². The molecular weight excluding hydrogens is 305 g/mol. The summed E-state index contributed by atoms with van der Waals surface area (Å²) in [6.45, 7) is 0.779. The molecule has 118 valence electrons. The van der Waals surface area contributed by atoms with Crippen LogP contribution in [-0.2, 0) is 16.6 Å². The molecule has 0 amide bonds. The molecule has 1 fully saturated rings. The molecule has 0 atom stereocenters. The monoisotopic (exact) mass is 322 g/mol. The van der Waals surface area contributed by atoms with Crippen molar-refractivity contribution in [3.63, 3.8) is 0 Å². The van der Waals surface area contributed by atoms with E-state index in [0.29, 0.717) is 12.6 Å². The zero-order chi connectivity index (χ0) is 15.7. The molecule has 1 aliphatic rings. The maximum absolute atomic E-state index is 12.1. The lowest BCUT2D eigenvalue weighted by molar-refractivity contribution is -0.121. The summed E-state index contributed by atoms with van der Waals surface area (Å²) >= 11 is 0. The van der Waals surface area contributed by atoms with Crippen molar-refractivity contribution in [3.05, 3.63) is 29.3 Å². The van der Waals surface area contributed by atoms with E-state index in [4.69, 9.17) is 0 Å². The second-order valence-electron chi connectivity index (χ2n) is 5.18. The summed E-state index contributed by atoms with van der Waals surface area (Å²) < 4.78 is 61.7. The van der Waals surface area contributed by atoms with Gasteiger partial charge in [-0.25, -0.2) is 13.1 Å². The summed E-state index contributed by atoms with van der Waals surface area (Å²) in [5.74, 6) is 0. The normalized spacial score (nSPS) is 16.2. The third-order valence-electron chi connectivity index (χ3n) is 3.25. The Morgan fingerprint density at radius 2 is 1.95 bits per heavy atom. The minimum absolute atomic E-state index is 0.148. The molecule has 0 unspecified atom stereocenters. The van der Waals surface area contributed by atoms with Crippen LogP contribution in [0.3, 0.4) is 0 Å². The number of halogens is 3. The number of alkyl halides is 3. The average Bonchev–Trinajstić information content (AvgIpc) is 3.19. The quantitative estimate of drug-likeness (QED) is 0.843. The van der Waals surface area contributed by atoms with Gasteiger partial charge in [0.1, 0.15) is 6.54 Å². The summed E-state index contributed by atoms with van der Waals surface area (Å²) in [6, 6.07) is 4.80. The molecule has 0 aliphatic heterocycles. The number of hydrogen-bond donors (Lipinski definition) is 2. The molecule has 0 bridgehead atoms. The van der Waals surface area contributed by atoms with Gasteiger partial charge in [-0.3, -0.25) is 0 Å². The van der Waals surface area contributed by atoms with Crippen LogP contribution in [0.25, 0.3) is 0 Å². The highest BCUT2D eigenvalue weighted by atomic mass is 32.2. The van der Waals surface area contributed by atoms with Crippen LogP contribution >= 0.6 is 0 Å². The zero-order valence-electron chi connectivity index (χ0n) is 11.5. The van der Waals surface area contributed by atoms with Crippen LogP contribution in [0.5, 0.6) is 0 Å². The second-order valence-corrected chi connectivity index (χ2v) is 6.95. The molecule has 2 N–H and O–H groups in total. The van der Waals surface area contributed by atoms with E-state index in [9.17, 15) is 21.6 Å². The number of rotatable bonds is 6. The Labute approximate surface area is 121 Å². The smallest absolute Gasteiger partial charge is 0.310 e. The number of hydrogen-bond acceptors (Lipinski definition) is 3. The number of nitrogens with one attached hydrogen (secondary N) is 2. The maximum Gasteiger partial charge on any atom is 0.402 e. The molecule has 0 spiro atoms. The summed E-state index contributed by atoms with van der Waals surface area (Å²) in [5.41, 5.74) is 1.68. The van der Waals surface area contributed by atoms with Crippen molar-refractivity contribution in [2.45, 2.75) is 43.4 Å². The average molecular weight is 322 g/mol. The first-order valence-corrected chi connectivity index (χ1v) is 8.05. The minimum atomic E-state index is -4.58. The molecule has 21 heavy (non-hydrogen) atoms. The Morgan fingerprint density at radius 1 is 1.29 bits per heavy atom. The predicted octanol–water partition coefficient (Wildman–Crippen LogP) is 2.09. The van der Waals surface area contributed by atoms with Crippen LogP contribution in [0.4, 0.5) is 13.2 Å². The summed E-state index contributed by atoms with van der Waals surface area (Å²) in [7, 11) is -4.15. The van der Waals surface area contributed by atoms with E-state index in [1.54, 1.807) is 10.8 Å². The molecule has 1 aromatic rings. The third kappa shape index (κ3) is 4.98. The van der Waals surface area contributed by atoms with E-state index in [1.807, 2.05) is 6.92 Å². The lowest BCUT2D eigenvalue weighted by atomic mass is 10.1. The standard InChI is InChI=1S/C13H17F3N2O2S/c1-9-2-5-12(6-10(9)7-17-11-3-4-11)21(19,20)18-8-13(14,15)16/h2,5-6,11,17-18H,3-4,7-8H2,1H3. The molecule has 0 radical (unpaired) electrons. The lowest BCUT2D eigenvalue weighted by Gasteiger charge is -2.12. The van der Waals surface area contributed by atoms with Gasteiger partial charge in [0.05, 0.1) is 4.90 Å². The molecule has 1 aromatic carbocycles. The molecule has 0 aromatic heterocycles. The van der Waals surface area contributed by atoms with Gasteiger partial charge in [-0.2, -0.15) is 13.2 Å². The fourth-order valence-corrected chi connectivity index (χ4v) is 2.87. The highest BCUT2D eigenvalue weighted by Gasteiger charge is 2.30. The molecule has 1 aliphatic carbocycles. The lowest BCUT2D eigenvalue weighted by Crippen LogP contribution is -2.33. The topological polar surface area (TPSA) is 58.2 Å². The van der Waals surface area contributed by atoms with E-state index >= 15 is 0 Å². The first-order chi connectivity index (χ1) is 9.67. The second kappa shape index (κ2) is 5.94. The van der Waals surface area contributed by atoms with Crippen molar-refractivity contribution >= 4 is 10.0 Å². The Hall–Kier alpha value is -1.12. The van der Waals surface area contributed by atoms with E-state index < -0.39 is 22.7 Å². The van der Waals surface area contributed by atoms with Crippen LogP contribution < -0.4 is 10.0 Å². The molecular formula is C13H17F3N2O2S. The fourth-order valence-electron chi connectivity index (χ4n) is 1.81. The van der Waals surface area contributed by atoms with Gasteiger partial charge in [-0.15, -0.1) is 0 Å². The summed E-state index contributed by atoms with van der Waals surface area (Å²) in [4.78, 5) is -0.148. The molecule has 4 nitrogen and oxygen atoms in total. The van der Waals surface area contributed by atoms with Gasteiger partial charge in [0, 0.05) is 12.6 Å². The van der Waals surface area contributed by atoms with Crippen molar-refractivity contribution in [2.24, 2.45) is 0 Å². The Bertz CT molecular complexity index is 610. The number of sulfonamides is 1. The van der Waals surface area contributed by atoms with Gasteiger partial charge in [0.25, 0.3) is 0 Å². The van der Waals surface area contributed by atoms with Gasteiger partial charge < -0.3 is 5.32 Å². The van der Waals surface area contributed by atoms with Crippen molar-refractivity contribution < 1.29 is 21.6 Å². The zero-order valence-corrected chi connectivity index (χ0v) is 12.3. The Kier molecular flexibility index (Phi) is 4.60. The highest BCUT2D eigenvalue weighted by molar-refractivity contribution is 7.89. The Morgan fingerprint density at radius 3 is 2.52 bits per heavy atom. The first-order valence-electron chi connectivity index (χ1n) is 6.57. The first kappa shape index (κ1) is 16.3. The minimum Gasteiger partial charge on any atom is -0.310 e. The van der Waals surface area contributed by atoms with Gasteiger partial charge >= 0.3 is 6.18 Å². The van der Waals surface area contributed by atoms with Gasteiger partial charge in [0.15, 0.2) is 0 Å². The fraction of sp³-hybridized carbons (Fsp3) is 0.538. The summed E-state index contributed by atoms with van der Waals surface area (Å²) in [5, 5.41) is 3.25. The van der Waals surface area contributed by atoms with E-state index in [0.717, 1.165) is 24.0 Å². The predicted molar refractivity (Wildman–Crippen MR) is 72.3 cm³/mol. The molecule has 2 rings (SSSR count). The maximum atomic E-state index is 12.1. The van der Waals surface area contributed by atoms with Gasteiger partial charge in [-0.1, -0.05) is 6.07 Å². The molecule has 0 heterocycles. The van der Waals surface area contributed by atoms with Crippen LogP contribution in [0.15, 0.2) is 23.1 Å². The highest BCUT2D eigenvalue weighted by Crippen LogP contribution is 2.21. The number of aryl methyl sites for hydroxylation is 1. The third-order valence-corrected chi connectivity index (χ3v) is 4.65. The van der Waals surface area contributed by atoms with Crippen molar-refractivity contribution in [3.8, 4) is 0 Å². The largest absolute Gasteiger partial charge is 0.402 e. The van der Waals surface area contributed by atoms with Crippen LogP contribution in [0.1, 0.15) is 24.0 Å². The van der Waals surface area contributed by atoms with Gasteiger partial charge in [0.2, 0.25) is 10.0 Å². The SMILES string of the molecule is Cc1ccc(S(=O)(=O)NCC(F)(F)F)cc1CNC1CC1. The van der Waals surface area contributed by atoms with Crippen LogP contribution in [0.2, 0.25) is 0 Å². The van der Waals surface area contributed by atoms with Crippen LogP contribution in [-0.4, -0.2) is 27.2 Å². The molecule has 1 saturated carbocycles. The molecule has 8 heteroatoms. The van der Waals surface area contributed by atoms with Crippen LogP contribution in [0, 0.1) is 6.92 Å². The van der Waals surface area contributed by atoms with E-state index in [1.165, 1.54) is 12.1 Å². The van der Waals surface area contributed by atoms with E-state index in [-0.39, 0.29) is 4.90 Å². The summed E-state index contributed by atoms with van der Waals surface area (Å²) in [6.07, 6.45) is -2.37. The molecule has 0 saturated heterocycles. The number of benzene rings is 1. The van der Waals surface area contributed by atoms with Crippen molar-refractivity contribution in [2.75, 3.05) is 6.54 Å².